The lowest BCUT2D eigenvalue weighted by Crippen LogP contribution is -2.46. The van der Waals surface area contributed by atoms with E-state index in [9.17, 15) is 14.7 Å². The molecule has 0 radical (unpaired) electrons. The average Bonchev–Trinajstić information content (AvgIpc) is 2.81. The van der Waals surface area contributed by atoms with Gasteiger partial charge in [-0.05, 0) is 17.7 Å². The van der Waals surface area contributed by atoms with Crippen LogP contribution in [-0.2, 0) is 7.05 Å². The summed E-state index contributed by atoms with van der Waals surface area (Å²) in [4.78, 5) is 29.9. The molecule has 1 fully saturated rings. The number of aromatic carboxylic acids is 1. The maximum Gasteiger partial charge on any atom is 0.341 e. The van der Waals surface area contributed by atoms with Crippen LogP contribution in [0.2, 0.25) is 0 Å². The first-order chi connectivity index (χ1) is 15.8. The van der Waals surface area contributed by atoms with Gasteiger partial charge in [-0.3, -0.25) is 4.79 Å². The number of aryl methyl sites for hydroxylation is 1. The fraction of sp³-hybridized carbons (Fsp3) is 0.208. The van der Waals surface area contributed by atoms with Crippen LogP contribution in [0.25, 0.3) is 21.9 Å². The maximum absolute atomic E-state index is 15.7. The van der Waals surface area contributed by atoms with Gasteiger partial charge in [0, 0.05) is 44.3 Å². The van der Waals surface area contributed by atoms with Crippen molar-refractivity contribution in [1.82, 2.24) is 14.9 Å². The predicted octanol–water partition coefficient (Wildman–Crippen LogP) is 3.21. The van der Waals surface area contributed by atoms with E-state index in [1.165, 1.54) is 17.7 Å². The van der Waals surface area contributed by atoms with Crippen molar-refractivity contribution < 1.29 is 18.7 Å². The number of pyridine rings is 2. The van der Waals surface area contributed by atoms with Gasteiger partial charge in [0.1, 0.15) is 28.2 Å². The Morgan fingerprint density at radius 3 is 2.70 bits per heavy atom. The number of aromatic nitrogens is 2. The number of fused-ring (bicyclic) bond motifs is 2. The van der Waals surface area contributed by atoms with Gasteiger partial charge in [-0.2, -0.15) is 0 Å². The van der Waals surface area contributed by atoms with Crippen molar-refractivity contribution >= 4 is 33.6 Å². The molecule has 2 aromatic heterocycles. The van der Waals surface area contributed by atoms with Crippen LogP contribution in [0.1, 0.15) is 22.0 Å². The number of anilines is 1. The van der Waals surface area contributed by atoms with E-state index in [2.05, 4.69) is 10.3 Å². The largest absolute Gasteiger partial charge is 0.477 e. The maximum atomic E-state index is 15.7. The number of nitrogens with one attached hydrogen (secondary N) is 1. The average molecular weight is 450 g/mol. The highest BCUT2D eigenvalue weighted by atomic mass is 19.1. The van der Waals surface area contributed by atoms with E-state index in [0.29, 0.717) is 19.6 Å². The highest BCUT2D eigenvalue weighted by molar-refractivity contribution is 5.97. The van der Waals surface area contributed by atoms with E-state index >= 15 is 8.78 Å². The van der Waals surface area contributed by atoms with Crippen molar-refractivity contribution in [3.8, 4) is 0 Å². The molecule has 0 unspecified atom stereocenters. The van der Waals surface area contributed by atoms with E-state index < -0.39 is 28.6 Å². The molecule has 1 atom stereocenters. The molecule has 1 aliphatic rings. The normalized spacial score (nSPS) is 16.5. The van der Waals surface area contributed by atoms with Crippen molar-refractivity contribution in [3.05, 3.63) is 81.6 Å². The van der Waals surface area contributed by atoms with Crippen molar-refractivity contribution in [2.45, 2.75) is 6.04 Å². The molecule has 2 aromatic carbocycles. The summed E-state index contributed by atoms with van der Waals surface area (Å²) in [5.74, 6) is -2.95. The highest BCUT2D eigenvalue weighted by Crippen LogP contribution is 2.33. The Labute approximate surface area is 186 Å². The third kappa shape index (κ3) is 3.50. The topological polar surface area (TPSA) is 87.5 Å². The predicted molar refractivity (Wildman–Crippen MR) is 121 cm³/mol. The van der Waals surface area contributed by atoms with Gasteiger partial charge in [0.15, 0.2) is 5.82 Å². The van der Waals surface area contributed by atoms with Gasteiger partial charge in [-0.25, -0.2) is 18.6 Å². The Morgan fingerprint density at radius 1 is 1.21 bits per heavy atom. The molecule has 3 heterocycles. The Bertz CT molecular complexity index is 1470. The lowest BCUT2D eigenvalue weighted by atomic mass is 10.0. The number of hydrogen-bond acceptors (Lipinski definition) is 5. The van der Waals surface area contributed by atoms with Crippen molar-refractivity contribution in [2.24, 2.45) is 7.05 Å². The van der Waals surface area contributed by atoms with Gasteiger partial charge in [0.25, 0.3) is 0 Å². The monoisotopic (exact) mass is 450 g/mol. The fourth-order valence-corrected chi connectivity index (χ4v) is 4.43. The number of carbonyl (C=O) groups is 1. The first-order valence-electron chi connectivity index (χ1n) is 10.4. The molecule has 0 aliphatic carbocycles. The minimum atomic E-state index is -1.38. The number of carboxylic acids is 1. The standard InChI is InChI=1S/C24H20F2N4O3/c1-29-11-16(24(32)33)22(31)15-9-14-10-17(25)21(19(26)20(14)28-23(15)29)30-8-7-27-18(12-30)13-5-3-2-4-6-13/h2-6,9-11,18,27H,7-8,12H2,1H3,(H,32,33)/t18-/m1/s1. The zero-order valence-electron chi connectivity index (χ0n) is 17.7. The van der Waals surface area contributed by atoms with Gasteiger partial charge in [-0.15, -0.1) is 0 Å². The molecule has 1 aliphatic heterocycles. The third-order valence-corrected chi connectivity index (χ3v) is 6.03. The Balaban J connectivity index is 1.64. The molecule has 0 bridgehead atoms. The van der Waals surface area contributed by atoms with Crippen LogP contribution in [0.3, 0.4) is 0 Å². The number of rotatable bonds is 3. The molecule has 168 valence electrons. The van der Waals surface area contributed by atoms with E-state index in [-0.39, 0.29) is 33.7 Å². The smallest absolute Gasteiger partial charge is 0.341 e. The third-order valence-electron chi connectivity index (χ3n) is 6.03. The summed E-state index contributed by atoms with van der Waals surface area (Å²) in [6, 6.07) is 12.0. The van der Waals surface area contributed by atoms with Crippen LogP contribution in [0.5, 0.6) is 0 Å². The van der Waals surface area contributed by atoms with Gasteiger partial charge >= 0.3 is 5.97 Å². The molecule has 5 rings (SSSR count). The van der Waals surface area contributed by atoms with E-state index in [4.69, 9.17) is 0 Å². The Kier molecular flexibility index (Phi) is 5.05. The second kappa shape index (κ2) is 7.93. The van der Waals surface area contributed by atoms with Crippen molar-refractivity contribution in [2.75, 3.05) is 24.5 Å². The van der Waals surface area contributed by atoms with Crippen LogP contribution in [0.4, 0.5) is 14.5 Å². The lowest BCUT2D eigenvalue weighted by Gasteiger charge is -2.36. The van der Waals surface area contributed by atoms with Crippen LogP contribution >= 0.6 is 0 Å². The minimum Gasteiger partial charge on any atom is -0.477 e. The summed E-state index contributed by atoms with van der Waals surface area (Å²) >= 11 is 0. The van der Waals surface area contributed by atoms with Crippen molar-refractivity contribution in [3.63, 3.8) is 0 Å². The van der Waals surface area contributed by atoms with Crippen molar-refractivity contribution in [1.29, 1.82) is 0 Å². The lowest BCUT2D eigenvalue weighted by molar-refractivity contribution is 0.0695. The first kappa shape index (κ1) is 21.0. The van der Waals surface area contributed by atoms with E-state index in [0.717, 1.165) is 17.8 Å². The minimum absolute atomic E-state index is 0.0113. The molecule has 4 aromatic rings. The molecule has 0 spiro atoms. The molecule has 0 amide bonds. The number of piperazine rings is 1. The summed E-state index contributed by atoms with van der Waals surface area (Å²) in [5, 5.41) is 12.7. The molecule has 1 saturated heterocycles. The molecule has 2 N–H and O–H groups in total. The Hall–Kier alpha value is -3.85. The molecule has 7 nitrogen and oxygen atoms in total. The number of nitrogens with zero attached hydrogens (tertiary/aromatic N) is 3. The summed E-state index contributed by atoms with van der Waals surface area (Å²) in [6.07, 6.45) is 1.15. The Morgan fingerprint density at radius 2 is 1.97 bits per heavy atom. The summed E-state index contributed by atoms with van der Waals surface area (Å²) in [7, 11) is 1.52. The first-order valence-corrected chi connectivity index (χ1v) is 10.4. The molecule has 0 saturated carbocycles. The van der Waals surface area contributed by atoms with Gasteiger partial charge in [-0.1, -0.05) is 30.3 Å². The number of halogens is 2. The number of carboxylic acid groups (broad SMARTS) is 1. The second-order valence-electron chi connectivity index (χ2n) is 8.10. The zero-order chi connectivity index (χ0) is 23.3. The summed E-state index contributed by atoms with van der Waals surface area (Å²) < 4.78 is 32.2. The molecular weight excluding hydrogens is 430 g/mol. The summed E-state index contributed by atoms with van der Waals surface area (Å²) in [6.45, 7) is 1.34. The molecular formula is C24H20F2N4O3. The highest BCUT2D eigenvalue weighted by Gasteiger charge is 2.27. The summed E-state index contributed by atoms with van der Waals surface area (Å²) in [5.41, 5.74) is -0.275. The van der Waals surface area contributed by atoms with E-state index in [1.807, 2.05) is 30.3 Å². The SMILES string of the molecule is Cn1cc(C(=O)O)c(=O)c2cc3cc(F)c(N4CCN[C@@H](c5ccccc5)C4)c(F)c3nc21. The number of benzene rings is 2. The van der Waals surface area contributed by atoms with Gasteiger partial charge < -0.3 is 19.9 Å². The fourth-order valence-electron chi connectivity index (χ4n) is 4.43. The molecule has 33 heavy (non-hydrogen) atoms. The zero-order valence-corrected chi connectivity index (χ0v) is 17.7. The quantitative estimate of drug-likeness (QED) is 0.466. The van der Waals surface area contributed by atoms with Crippen LogP contribution in [-0.4, -0.2) is 40.3 Å². The van der Waals surface area contributed by atoms with Gasteiger partial charge in [0.2, 0.25) is 5.43 Å². The van der Waals surface area contributed by atoms with Crippen LogP contribution < -0.4 is 15.6 Å². The second-order valence-corrected chi connectivity index (χ2v) is 8.10. The van der Waals surface area contributed by atoms with E-state index in [1.54, 1.807) is 4.90 Å². The van der Waals surface area contributed by atoms with Crippen LogP contribution in [0, 0.1) is 11.6 Å². The van der Waals surface area contributed by atoms with Crippen LogP contribution in [0.15, 0.2) is 53.5 Å². The van der Waals surface area contributed by atoms with Gasteiger partial charge in [0.05, 0.1) is 5.39 Å². The molecule has 9 heteroatoms. The number of hydrogen-bond donors (Lipinski definition) is 2.